The molecule has 118 valence electrons. The molecule has 2 nitrogen and oxygen atoms in total. The van der Waals surface area contributed by atoms with Crippen LogP contribution in [0.3, 0.4) is 0 Å². The van der Waals surface area contributed by atoms with Gasteiger partial charge in [0.15, 0.2) is 0 Å². The summed E-state index contributed by atoms with van der Waals surface area (Å²) < 4.78 is 41.2. The van der Waals surface area contributed by atoms with E-state index in [1.807, 2.05) is 37.3 Å². The van der Waals surface area contributed by atoms with Crippen molar-refractivity contribution in [1.29, 1.82) is 0 Å². The molecular weight excluding hydrogens is 369 g/mol. The van der Waals surface area contributed by atoms with E-state index >= 15 is 0 Å². The van der Waals surface area contributed by atoms with Crippen LogP contribution in [0.25, 0.3) is 16.9 Å². The highest BCUT2D eigenvalue weighted by Crippen LogP contribution is 2.32. The van der Waals surface area contributed by atoms with Crippen LogP contribution in [-0.2, 0) is 6.18 Å². The third-order valence-corrected chi connectivity index (χ3v) is 3.86. The van der Waals surface area contributed by atoms with Gasteiger partial charge in [-0.1, -0.05) is 34.1 Å². The van der Waals surface area contributed by atoms with Crippen LogP contribution in [0.1, 0.15) is 11.3 Å². The first-order chi connectivity index (χ1) is 10.8. The number of benzene rings is 2. The fourth-order valence-electron chi connectivity index (χ4n) is 2.36. The van der Waals surface area contributed by atoms with Gasteiger partial charge in [-0.3, -0.25) is 0 Å². The first kappa shape index (κ1) is 15.8. The summed E-state index contributed by atoms with van der Waals surface area (Å²) in [7, 11) is 0. The maximum atomic E-state index is 12.9. The van der Waals surface area contributed by atoms with Crippen LogP contribution in [0.2, 0.25) is 0 Å². The molecule has 0 aliphatic heterocycles. The molecule has 0 atom stereocenters. The fraction of sp³-hybridized carbons (Fsp3) is 0.118. The zero-order valence-electron chi connectivity index (χ0n) is 12.1. The van der Waals surface area contributed by atoms with Crippen LogP contribution in [0.15, 0.2) is 59.1 Å². The minimum Gasteiger partial charge on any atom is -0.233 e. The van der Waals surface area contributed by atoms with Crippen molar-refractivity contribution in [3.8, 4) is 16.9 Å². The lowest BCUT2D eigenvalue weighted by molar-refractivity contribution is -0.137. The molecule has 0 saturated heterocycles. The Bertz CT molecular complexity index is 853. The molecule has 0 spiro atoms. The van der Waals surface area contributed by atoms with E-state index in [9.17, 15) is 13.2 Å². The van der Waals surface area contributed by atoms with E-state index in [1.165, 1.54) is 10.7 Å². The van der Waals surface area contributed by atoms with Crippen molar-refractivity contribution in [1.82, 2.24) is 9.78 Å². The molecule has 2 aromatic carbocycles. The smallest absolute Gasteiger partial charge is 0.233 e. The summed E-state index contributed by atoms with van der Waals surface area (Å²) in [5.74, 6) is 0. The van der Waals surface area contributed by atoms with E-state index in [0.717, 1.165) is 33.6 Å². The Morgan fingerprint density at radius 1 is 1.00 bits per heavy atom. The number of rotatable bonds is 2. The molecule has 1 aromatic heterocycles. The van der Waals surface area contributed by atoms with Gasteiger partial charge in [-0.25, -0.2) is 4.68 Å². The molecule has 0 radical (unpaired) electrons. The van der Waals surface area contributed by atoms with Crippen LogP contribution in [0, 0.1) is 6.92 Å². The van der Waals surface area contributed by atoms with Crippen molar-refractivity contribution in [2.24, 2.45) is 0 Å². The molecule has 0 unspecified atom stereocenters. The highest BCUT2D eigenvalue weighted by molar-refractivity contribution is 9.10. The maximum Gasteiger partial charge on any atom is 0.416 e. The highest BCUT2D eigenvalue weighted by atomic mass is 79.9. The van der Waals surface area contributed by atoms with E-state index < -0.39 is 11.7 Å². The monoisotopic (exact) mass is 380 g/mol. The molecule has 0 bridgehead atoms. The number of hydrogen-bond donors (Lipinski definition) is 0. The summed E-state index contributed by atoms with van der Waals surface area (Å²) in [6, 6.07) is 14.6. The number of hydrogen-bond acceptors (Lipinski definition) is 1. The number of alkyl halides is 3. The van der Waals surface area contributed by atoms with Gasteiger partial charge in [0.05, 0.1) is 22.6 Å². The molecule has 3 rings (SSSR count). The average Bonchev–Trinajstić information content (AvgIpc) is 2.89. The van der Waals surface area contributed by atoms with E-state index in [2.05, 4.69) is 21.0 Å². The van der Waals surface area contributed by atoms with Crippen molar-refractivity contribution in [2.75, 3.05) is 0 Å². The molecule has 6 heteroatoms. The minimum absolute atomic E-state index is 0.378. The van der Waals surface area contributed by atoms with E-state index in [1.54, 1.807) is 6.07 Å². The second-order valence-corrected chi connectivity index (χ2v) is 6.06. The van der Waals surface area contributed by atoms with Crippen molar-refractivity contribution < 1.29 is 13.2 Å². The van der Waals surface area contributed by atoms with Gasteiger partial charge in [0.2, 0.25) is 0 Å². The Kier molecular flexibility index (Phi) is 4.02. The van der Waals surface area contributed by atoms with Gasteiger partial charge in [0.25, 0.3) is 0 Å². The van der Waals surface area contributed by atoms with Gasteiger partial charge in [-0.15, -0.1) is 0 Å². The Labute approximate surface area is 139 Å². The zero-order chi connectivity index (χ0) is 16.6. The third-order valence-electron chi connectivity index (χ3n) is 3.37. The Hall–Kier alpha value is -2.08. The predicted octanol–water partition coefficient (Wildman–Crippen LogP) is 5.63. The van der Waals surface area contributed by atoms with Crippen molar-refractivity contribution in [3.63, 3.8) is 0 Å². The molecular formula is C17H12BrF3N2. The number of nitrogens with zero attached hydrogens (tertiary/aromatic N) is 2. The third kappa shape index (κ3) is 3.32. The summed E-state index contributed by atoms with van der Waals surface area (Å²) in [5, 5.41) is 4.34. The van der Waals surface area contributed by atoms with Gasteiger partial charge < -0.3 is 0 Å². The van der Waals surface area contributed by atoms with Crippen molar-refractivity contribution >= 4 is 15.9 Å². The topological polar surface area (TPSA) is 17.8 Å². The zero-order valence-corrected chi connectivity index (χ0v) is 13.7. The molecule has 0 amide bonds. The molecule has 23 heavy (non-hydrogen) atoms. The second-order valence-electron chi connectivity index (χ2n) is 5.14. The van der Waals surface area contributed by atoms with Crippen LogP contribution in [-0.4, -0.2) is 9.78 Å². The van der Waals surface area contributed by atoms with E-state index in [0.29, 0.717) is 5.69 Å². The molecule has 0 saturated carbocycles. The Morgan fingerprint density at radius 3 is 2.43 bits per heavy atom. The summed E-state index contributed by atoms with van der Waals surface area (Å²) in [4.78, 5) is 0. The minimum atomic E-state index is -4.38. The molecule has 0 aliphatic rings. The van der Waals surface area contributed by atoms with Crippen LogP contribution in [0.4, 0.5) is 13.2 Å². The number of aromatic nitrogens is 2. The standard InChI is InChI=1S/C17H12BrF3N2/c1-11-8-16(12-4-2-6-14(18)9-12)23(22-11)15-7-3-5-13(10-15)17(19,20)21/h2-10H,1H3. The molecule has 0 aliphatic carbocycles. The Balaban J connectivity index is 2.15. The highest BCUT2D eigenvalue weighted by Gasteiger charge is 2.30. The fourth-order valence-corrected chi connectivity index (χ4v) is 2.76. The lowest BCUT2D eigenvalue weighted by atomic mass is 10.1. The van der Waals surface area contributed by atoms with Crippen molar-refractivity contribution in [2.45, 2.75) is 13.1 Å². The summed E-state index contributed by atoms with van der Waals surface area (Å²) >= 11 is 3.41. The van der Waals surface area contributed by atoms with Gasteiger partial charge in [-0.2, -0.15) is 18.3 Å². The molecule has 3 aromatic rings. The predicted molar refractivity (Wildman–Crippen MR) is 86.4 cm³/mol. The van der Waals surface area contributed by atoms with Gasteiger partial charge in [0, 0.05) is 10.0 Å². The van der Waals surface area contributed by atoms with E-state index in [-0.39, 0.29) is 0 Å². The first-order valence-corrected chi connectivity index (χ1v) is 7.64. The van der Waals surface area contributed by atoms with Gasteiger partial charge in [0.1, 0.15) is 0 Å². The summed E-state index contributed by atoms with van der Waals surface area (Å²) in [6.45, 7) is 1.81. The molecule has 1 heterocycles. The van der Waals surface area contributed by atoms with Gasteiger partial charge in [-0.05, 0) is 43.3 Å². The quantitative estimate of drug-likeness (QED) is 0.563. The first-order valence-electron chi connectivity index (χ1n) is 6.85. The molecule has 0 fully saturated rings. The van der Waals surface area contributed by atoms with Crippen LogP contribution < -0.4 is 0 Å². The summed E-state index contributed by atoms with van der Waals surface area (Å²) in [5.41, 5.74) is 2.03. The lowest BCUT2D eigenvalue weighted by Gasteiger charge is -2.11. The SMILES string of the molecule is Cc1cc(-c2cccc(Br)c2)n(-c2cccc(C(F)(F)F)c2)n1. The normalized spacial score (nSPS) is 11.7. The van der Waals surface area contributed by atoms with Crippen molar-refractivity contribution in [3.05, 3.63) is 70.3 Å². The second kappa shape index (κ2) is 5.85. The Morgan fingerprint density at radius 2 is 1.74 bits per heavy atom. The largest absolute Gasteiger partial charge is 0.416 e. The van der Waals surface area contributed by atoms with Gasteiger partial charge >= 0.3 is 6.18 Å². The summed E-state index contributed by atoms with van der Waals surface area (Å²) in [6.07, 6.45) is -4.38. The number of halogens is 4. The average molecular weight is 381 g/mol. The lowest BCUT2D eigenvalue weighted by Crippen LogP contribution is -2.07. The van der Waals surface area contributed by atoms with Crippen LogP contribution in [0.5, 0.6) is 0 Å². The van der Waals surface area contributed by atoms with E-state index in [4.69, 9.17) is 0 Å². The number of aryl methyl sites for hydroxylation is 1. The van der Waals surface area contributed by atoms with Crippen LogP contribution >= 0.6 is 15.9 Å². The molecule has 0 N–H and O–H groups in total. The maximum absolute atomic E-state index is 12.9.